The molecule has 2 rings (SSSR count). The van der Waals surface area contributed by atoms with Crippen LogP contribution in [0.3, 0.4) is 0 Å². The first-order valence-electron chi connectivity index (χ1n) is 8.41. The molecule has 0 aliphatic carbocycles. The highest BCUT2D eigenvalue weighted by Gasteiger charge is 2.22. The van der Waals surface area contributed by atoms with E-state index in [0.717, 1.165) is 11.8 Å². The number of nitrogens with zero attached hydrogens (tertiary/aromatic N) is 3. The lowest BCUT2D eigenvalue weighted by atomic mass is 10.2. The predicted molar refractivity (Wildman–Crippen MR) is 107 cm³/mol. The van der Waals surface area contributed by atoms with Gasteiger partial charge in [-0.15, -0.1) is 0 Å². The van der Waals surface area contributed by atoms with E-state index in [2.05, 4.69) is 10.3 Å². The van der Waals surface area contributed by atoms with Crippen LogP contribution in [0.1, 0.15) is 13.8 Å². The quantitative estimate of drug-likeness (QED) is 0.373. The Morgan fingerprint density at radius 1 is 1.21 bits per heavy atom. The Morgan fingerprint density at radius 3 is 2.46 bits per heavy atom. The van der Waals surface area contributed by atoms with E-state index < -0.39 is 20.9 Å². The second kappa shape index (κ2) is 9.62. The summed E-state index contributed by atoms with van der Waals surface area (Å²) in [6.07, 6.45) is 1.26. The molecule has 28 heavy (non-hydrogen) atoms. The van der Waals surface area contributed by atoms with Gasteiger partial charge in [-0.1, -0.05) is 37.7 Å². The number of benzene rings is 1. The van der Waals surface area contributed by atoms with Gasteiger partial charge in [-0.25, -0.2) is 13.4 Å². The summed E-state index contributed by atoms with van der Waals surface area (Å²) < 4.78 is 26.2. The van der Waals surface area contributed by atoms with Crippen molar-refractivity contribution in [3.8, 4) is 0 Å². The molecule has 2 aromatic rings. The molecular formula is C17H20N4O5S2. The van der Waals surface area contributed by atoms with Crippen molar-refractivity contribution in [2.24, 2.45) is 0 Å². The highest BCUT2D eigenvalue weighted by molar-refractivity contribution is 7.99. The van der Waals surface area contributed by atoms with Gasteiger partial charge in [0.25, 0.3) is 5.69 Å². The lowest BCUT2D eigenvalue weighted by Gasteiger charge is -2.18. The number of carbonyl (C=O) groups is 1. The normalized spacial score (nSPS) is 11.4. The molecule has 0 bridgehead atoms. The summed E-state index contributed by atoms with van der Waals surface area (Å²) in [6, 6.07) is 8.83. The van der Waals surface area contributed by atoms with Crippen molar-refractivity contribution < 1.29 is 18.1 Å². The van der Waals surface area contributed by atoms with Crippen LogP contribution in [-0.4, -0.2) is 47.4 Å². The van der Waals surface area contributed by atoms with E-state index in [-0.39, 0.29) is 22.0 Å². The average molecular weight is 425 g/mol. The number of sulfonamides is 1. The number of nitrogens with one attached hydrogen (secondary N) is 1. The summed E-state index contributed by atoms with van der Waals surface area (Å²) in [4.78, 5) is 26.6. The highest BCUT2D eigenvalue weighted by Crippen LogP contribution is 2.24. The number of para-hydroxylation sites is 2. The Hall–Kier alpha value is -2.50. The smallest absolute Gasteiger partial charge is 0.292 e. The molecule has 0 saturated heterocycles. The molecule has 1 aromatic heterocycles. The number of amides is 1. The summed E-state index contributed by atoms with van der Waals surface area (Å²) in [5, 5.41) is 13.9. The van der Waals surface area contributed by atoms with E-state index in [1.54, 1.807) is 19.9 Å². The molecule has 0 aliphatic rings. The van der Waals surface area contributed by atoms with Crippen molar-refractivity contribution in [3.05, 3.63) is 52.7 Å². The minimum absolute atomic E-state index is 0.0266. The van der Waals surface area contributed by atoms with Gasteiger partial charge >= 0.3 is 0 Å². The number of thioether (sulfide) groups is 1. The van der Waals surface area contributed by atoms with Crippen LogP contribution in [0.15, 0.2) is 52.5 Å². The van der Waals surface area contributed by atoms with Gasteiger partial charge in [-0.05, 0) is 18.2 Å². The molecule has 1 N–H and O–H groups in total. The molecule has 0 fully saturated rings. The second-order valence-corrected chi connectivity index (χ2v) is 8.47. The first-order valence-corrected chi connectivity index (χ1v) is 10.8. The molecule has 0 radical (unpaired) electrons. The molecule has 1 heterocycles. The van der Waals surface area contributed by atoms with Crippen LogP contribution >= 0.6 is 11.8 Å². The van der Waals surface area contributed by atoms with E-state index in [1.807, 2.05) is 0 Å². The number of anilines is 1. The van der Waals surface area contributed by atoms with Crippen molar-refractivity contribution >= 4 is 39.1 Å². The van der Waals surface area contributed by atoms with Crippen LogP contribution in [0.25, 0.3) is 0 Å². The Morgan fingerprint density at radius 2 is 1.89 bits per heavy atom. The minimum atomic E-state index is -3.58. The molecule has 150 valence electrons. The second-order valence-electron chi connectivity index (χ2n) is 5.53. The zero-order chi connectivity index (χ0) is 20.7. The monoisotopic (exact) mass is 424 g/mol. The average Bonchev–Trinajstić information content (AvgIpc) is 2.67. The molecule has 1 amide bonds. The van der Waals surface area contributed by atoms with Crippen LogP contribution < -0.4 is 5.32 Å². The number of pyridine rings is 1. The van der Waals surface area contributed by atoms with Gasteiger partial charge in [0.15, 0.2) is 0 Å². The number of nitro benzene ring substituents is 1. The standard InChI is InChI=1S/C17H20N4O5S2/c1-3-20(4-2)28(25,26)13-9-10-17(18-11-13)27-12-16(22)19-14-7-5-6-8-15(14)21(23)24/h5-11H,3-4,12H2,1-2H3,(H,19,22). The third-order valence-corrected chi connectivity index (χ3v) is 6.76. The number of hydrogen-bond donors (Lipinski definition) is 1. The first-order chi connectivity index (χ1) is 13.3. The number of aromatic nitrogens is 1. The Balaban J connectivity index is 2.00. The number of carbonyl (C=O) groups excluding carboxylic acids is 1. The largest absolute Gasteiger partial charge is 0.320 e. The number of nitro groups is 1. The summed E-state index contributed by atoms with van der Waals surface area (Å²) in [7, 11) is -3.58. The van der Waals surface area contributed by atoms with Gasteiger partial charge in [-0.2, -0.15) is 4.31 Å². The molecular weight excluding hydrogens is 404 g/mol. The minimum Gasteiger partial charge on any atom is -0.320 e. The van der Waals surface area contributed by atoms with Crippen LogP contribution in [0, 0.1) is 10.1 Å². The van der Waals surface area contributed by atoms with Crippen LogP contribution in [-0.2, 0) is 14.8 Å². The summed E-state index contributed by atoms with van der Waals surface area (Å²) in [6.45, 7) is 4.24. The fourth-order valence-corrected chi connectivity index (χ4v) is 4.43. The maximum absolute atomic E-state index is 12.4. The SMILES string of the molecule is CCN(CC)S(=O)(=O)c1ccc(SCC(=O)Nc2ccccc2[N+](=O)[O-])nc1. The predicted octanol–water partition coefficient (Wildman–Crippen LogP) is 2.75. The summed E-state index contributed by atoms with van der Waals surface area (Å²) in [5.41, 5.74) is -0.0725. The maximum Gasteiger partial charge on any atom is 0.292 e. The number of rotatable bonds is 9. The van der Waals surface area contributed by atoms with Gasteiger partial charge in [0.1, 0.15) is 10.6 Å². The van der Waals surface area contributed by atoms with Crippen molar-refractivity contribution in [1.29, 1.82) is 0 Å². The fraction of sp³-hybridized carbons (Fsp3) is 0.294. The molecule has 0 aliphatic heterocycles. The van der Waals surface area contributed by atoms with Crippen molar-refractivity contribution in [2.75, 3.05) is 24.2 Å². The molecule has 11 heteroatoms. The Bertz CT molecular complexity index is 944. The van der Waals surface area contributed by atoms with E-state index in [1.165, 1.54) is 40.8 Å². The van der Waals surface area contributed by atoms with Gasteiger partial charge in [0.05, 0.1) is 15.7 Å². The van der Waals surface area contributed by atoms with E-state index in [0.29, 0.717) is 18.1 Å². The van der Waals surface area contributed by atoms with Crippen LogP contribution in [0.4, 0.5) is 11.4 Å². The van der Waals surface area contributed by atoms with E-state index in [4.69, 9.17) is 0 Å². The zero-order valence-corrected chi connectivity index (χ0v) is 17.0. The molecule has 1 aromatic carbocycles. The third-order valence-electron chi connectivity index (χ3n) is 3.78. The van der Waals surface area contributed by atoms with Gasteiger partial charge in [0.2, 0.25) is 15.9 Å². The van der Waals surface area contributed by atoms with Crippen LogP contribution in [0.2, 0.25) is 0 Å². The highest BCUT2D eigenvalue weighted by atomic mass is 32.2. The molecule has 0 atom stereocenters. The van der Waals surface area contributed by atoms with Crippen molar-refractivity contribution in [2.45, 2.75) is 23.8 Å². The number of hydrogen-bond acceptors (Lipinski definition) is 7. The Kier molecular flexibility index (Phi) is 7.49. The zero-order valence-electron chi connectivity index (χ0n) is 15.4. The molecule has 0 saturated carbocycles. The maximum atomic E-state index is 12.4. The van der Waals surface area contributed by atoms with E-state index >= 15 is 0 Å². The third kappa shape index (κ3) is 5.27. The molecule has 0 spiro atoms. The lowest BCUT2D eigenvalue weighted by Crippen LogP contribution is -2.30. The first kappa shape index (κ1) is 21.8. The van der Waals surface area contributed by atoms with Gasteiger partial charge < -0.3 is 5.32 Å². The topological polar surface area (TPSA) is 123 Å². The Labute approximate surface area is 167 Å². The van der Waals surface area contributed by atoms with Crippen molar-refractivity contribution in [3.63, 3.8) is 0 Å². The lowest BCUT2D eigenvalue weighted by molar-refractivity contribution is -0.383. The van der Waals surface area contributed by atoms with E-state index in [9.17, 15) is 23.3 Å². The summed E-state index contributed by atoms with van der Waals surface area (Å²) >= 11 is 1.10. The molecule has 0 unspecified atom stereocenters. The van der Waals surface area contributed by atoms with Crippen molar-refractivity contribution in [1.82, 2.24) is 9.29 Å². The molecule has 9 nitrogen and oxygen atoms in total. The summed E-state index contributed by atoms with van der Waals surface area (Å²) in [5.74, 6) is -0.456. The fourth-order valence-electron chi connectivity index (χ4n) is 2.38. The van der Waals surface area contributed by atoms with Gasteiger partial charge in [0, 0.05) is 25.4 Å². The van der Waals surface area contributed by atoms with Gasteiger partial charge in [-0.3, -0.25) is 14.9 Å². The van der Waals surface area contributed by atoms with Crippen LogP contribution in [0.5, 0.6) is 0 Å².